The molecule has 1 spiro atoms. The molecule has 0 bridgehead atoms. The summed E-state index contributed by atoms with van der Waals surface area (Å²) in [5.74, 6) is -0.792. The Morgan fingerprint density at radius 1 is 1.03 bits per heavy atom. The van der Waals surface area contributed by atoms with Crippen LogP contribution in [0.25, 0.3) is 11.0 Å². The molecule has 9 rings (SSSR count). The first-order valence-electron chi connectivity index (χ1n) is 21.1. The van der Waals surface area contributed by atoms with Crippen molar-refractivity contribution >= 4 is 60.0 Å². The molecule has 1 atom stereocenters. The van der Waals surface area contributed by atoms with Crippen molar-refractivity contribution in [1.82, 2.24) is 24.5 Å². The highest BCUT2D eigenvalue weighted by molar-refractivity contribution is 9.10. The van der Waals surface area contributed by atoms with E-state index in [1.807, 2.05) is 6.07 Å². The lowest BCUT2D eigenvalue weighted by Gasteiger charge is -2.47. The van der Waals surface area contributed by atoms with Crippen LogP contribution in [0, 0.1) is 21.3 Å². The zero-order valence-corrected chi connectivity index (χ0v) is 36.5. The van der Waals surface area contributed by atoms with Gasteiger partial charge >= 0.3 is 0 Å². The number of hydrogen-bond donors (Lipinski definition) is 3. The Morgan fingerprint density at radius 2 is 1.84 bits per heavy atom. The number of carbonyl (C=O) groups excluding carboxylic acids is 1. The molecule has 18 heteroatoms. The van der Waals surface area contributed by atoms with Crippen molar-refractivity contribution in [3.05, 3.63) is 110 Å². The maximum absolute atomic E-state index is 14.6. The van der Waals surface area contributed by atoms with Crippen molar-refractivity contribution in [2.75, 3.05) is 75.8 Å². The predicted molar refractivity (Wildman–Crippen MR) is 236 cm³/mol. The number of H-pyrrole nitrogens is 1. The summed E-state index contributed by atoms with van der Waals surface area (Å²) in [6.45, 7) is 7.32. The number of nitro groups is 1. The molecular formula is C44H48BrFN8O7S. The highest BCUT2D eigenvalue weighted by atomic mass is 79.9. The summed E-state index contributed by atoms with van der Waals surface area (Å²) in [6, 6.07) is 15.4. The smallest absolute Gasteiger partial charge is 0.293 e. The van der Waals surface area contributed by atoms with Gasteiger partial charge in [0.2, 0.25) is 0 Å². The third-order valence-corrected chi connectivity index (χ3v) is 14.9. The summed E-state index contributed by atoms with van der Waals surface area (Å²) >= 11 is 3.60. The zero-order chi connectivity index (χ0) is 43.0. The Kier molecular flexibility index (Phi) is 11.9. The highest BCUT2D eigenvalue weighted by Gasteiger charge is 2.41. The van der Waals surface area contributed by atoms with E-state index in [-0.39, 0.29) is 28.9 Å². The standard InChI is InChI=1S/C44H48BrFN8O7S/c45-37-23-30(46)22-36-34(37)3-1-2-4-39(36)53-19-17-52(18-20-53)31-5-7-35(41(24-31)61-32-21-29-9-12-48-42(29)49-26-32)43(55)50-62(58,59)33-6-8-38(40(25-33)54(56)57)47-13-16-51-14-10-44(11-15-51)27-60-28-44/h5-9,12,21-26,39,47H,1-4,10-11,13-20,27-28H2,(H,48,49)(H,50,55)/t39-/m1/s1. The molecule has 62 heavy (non-hydrogen) atoms. The van der Waals surface area contributed by atoms with Crippen LogP contribution in [0.1, 0.15) is 59.6 Å². The molecule has 0 radical (unpaired) electrons. The van der Waals surface area contributed by atoms with Gasteiger partial charge in [-0.15, -0.1) is 0 Å². The molecular weight excluding hydrogens is 884 g/mol. The number of benzene rings is 3. The molecule has 1 aliphatic carbocycles. The van der Waals surface area contributed by atoms with Crippen LogP contribution in [-0.4, -0.2) is 105 Å². The minimum Gasteiger partial charge on any atom is -0.455 e. The number of nitrogens with zero attached hydrogens (tertiary/aromatic N) is 5. The lowest BCUT2D eigenvalue weighted by atomic mass is 9.77. The van der Waals surface area contributed by atoms with Crippen molar-refractivity contribution in [2.45, 2.75) is 49.5 Å². The van der Waals surface area contributed by atoms with E-state index in [9.17, 15) is 27.7 Å². The third-order valence-electron chi connectivity index (χ3n) is 12.8. The molecule has 0 unspecified atom stereocenters. The van der Waals surface area contributed by atoms with Gasteiger partial charge in [-0.1, -0.05) is 22.4 Å². The number of aromatic nitrogens is 2. The van der Waals surface area contributed by atoms with Gasteiger partial charge in [0.1, 0.15) is 28.7 Å². The number of halogens is 2. The van der Waals surface area contributed by atoms with Gasteiger partial charge in [0.25, 0.3) is 21.6 Å². The summed E-state index contributed by atoms with van der Waals surface area (Å²) in [5, 5.41) is 16.0. The maximum Gasteiger partial charge on any atom is 0.293 e. The van der Waals surface area contributed by atoms with Gasteiger partial charge in [-0.25, -0.2) is 22.5 Å². The fourth-order valence-electron chi connectivity index (χ4n) is 9.23. The number of piperidine rings is 1. The summed E-state index contributed by atoms with van der Waals surface area (Å²) in [4.78, 5) is 39.4. The van der Waals surface area contributed by atoms with Gasteiger partial charge in [0, 0.05) is 84.6 Å². The van der Waals surface area contributed by atoms with E-state index >= 15 is 0 Å². The van der Waals surface area contributed by atoms with Crippen molar-refractivity contribution in [3.8, 4) is 11.5 Å². The SMILES string of the molecule is O=C(NS(=O)(=O)c1ccc(NCCN2CCC3(CC2)COC3)c([N+](=O)[O-])c1)c1ccc(N2CCN([C@@H]3CCCCc4c(Br)cc(F)cc43)CC2)cc1Oc1cnc2[nH]ccc2c1. The van der Waals surface area contributed by atoms with Crippen LogP contribution < -0.4 is 19.7 Å². The molecule has 3 aliphatic heterocycles. The Morgan fingerprint density at radius 3 is 2.60 bits per heavy atom. The van der Waals surface area contributed by atoms with Crippen LogP contribution in [-0.2, 0) is 21.2 Å². The molecule has 0 saturated carbocycles. The quantitative estimate of drug-likeness (QED) is 0.0644. The average molecular weight is 932 g/mol. The monoisotopic (exact) mass is 930 g/mol. The topological polar surface area (TPSA) is 175 Å². The first-order chi connectivity index (χ1) is 29.9. The second kappa shape index (κ2) is 17.6. The Hall–Kier alpha value is -5.14. The van der Waals surface area contributed by atoms with Gasteiger partial charge in [-0.05, 0) is 105 Å². The van der Waals surface area contributed by atoms with Gasteiger partial charge in [-0.2, -0.15) is 0 Å². The van der Waals surface area contributed by atoms with Crippen LogP contribution in [0.15, 0.2) is 82.4 Å². The number of nitro benzene ring substituents is 1. The molecule has 15 nitrogen and oxygen atoms in total. The van der Waals surface area contributed by atoms with Crippen molar-refractivity contribution in [2.24, 2.45) is 5.41 Å². The number of likely N-dealkylation sites (tertiary alicyclic amines) is 1. The lowest BCUT2D eigenvalue weighted by molar-refractivity contribution is -0.384. The number of anilines is 2. The number of nitrogens with one attached hydrogen (secondary N) is 3. The molecule has 2 aromatic heterocycles. The number of amides is 1. The minimum absolute atomic E-state index is 0.0611. The average Bonchev–Trinajstić information content (AvgIpc) is 3.61. The Bertz CT molecular complexity index is 2610. The van der Waals surface area contributed by atoms with E-state index in [2.05, 4.69) is 50.6 Å². The molecule has 3 fully saturated rings. The van der Waals surface area contributed by atoms with Crippen LogP contribution >= 0.6 is 15.9 Å². The van der Waals surface area contributed by atoms with Crippen molar-refractivity contribution in [3.63, 3.8) is 0 Å². The van der Waals surface area contributed by atoms with Gasteiger partial charge < -0.3 is 29.6 Å². The number of piperazine rings is 1. The van der Waals surface area contributed by atoms with Crippen LogP contribution in [0.5, 0.6) is 11.5 Å². The van der Waals surface area contributed by atoms with Crippen LogP contribution in [0.3, 0.4) is 0 Å². The van der Waals surface area contributed by atoms with E-state index in [0.29, 0.717) is 43.0 Å². The summed E-state index contributed by atoms with van der Waals surface area (Å²) in [7, 11) is -4.58. The number of pyridine rings is 1. The van der Waals surface area contributed by atoms with E-state index in [4.69, 9.17) is 9.47 Å². The molecule has 3 saturated heterocycles. The molecule has 3 aromatic carbocycles. The number of sulfonamides is 1. The Balaban J connectivity index is 0.911. The molecule has 3 N–H and O–H groups in total. The van der Waals surface area contributed by atoms with E-state index in [1.54, 1.807) is 36.5 Å². The predicted octanol–water partition coefficient (Wildman–Crippen LogP) is 7.40. The first kappa shape index (κ1) is 42.2. The molecule has 5 aromatic rings. The summed E-state index contributed by atoms with van der Waals surface area (Å²) in [5.41, 5.74) is 3.63. The number of aromatic amines is 1. The highest BCUT2D eigenvalue weighted by Crippen LogP contribution is 2.40. The Labute approximate surface area is 367 Å². The number of ether oxygens (including phenoxy) is 2. The normalized spacial score (nSPS) is 19.4. The molecule has 1 amide bonds. The van der Waals surface area contributed by atoms with Gasteiger partial charge in [0.15, 0.2) is 0 Å². The van der Waals surface area contributed by atoms with E-state index < -0.39 is 31.4 Å². The van der Waals surface area contributed by atoms with Crippen LogP contribution in [0.4, 0.5) is 21.5 Å². The fraction of sp³-hybridized carbons (Fsp3) is 0.409. The lowest BCUT2D eigenvalue weighted by Crippen LogP contribution is -2.51. The number of hydrogen-bond acceptors (Lipinski definition) is 12. The maximum atomic E-state index is 14.6. The number of rotatable bonds is 12. The minimum atomic E-state index is -4.58. The van der Waals surface area contributed by atoms with E-state index in [1.165, 1.54) is 30.0 Å². The van der Waals surface area contributed by atoms with Gasteiger partial charge in [0.05, 0.1) is 34.8 Å². The second-order valence-corrected chi connectivity index (χ2v) is 19.3. The second-order valence-electron chi connectivity index (χ2n) is 16.7. The summed E-state index contributed by atoms with van der Waals surface area (Å²) < 4.78 is 56.7. The molecule has 4 aliphatic rings. The number of fused-ring (bicyclic) bond motifs is 2. The molecule has 326 valence electrons. The fourth-order valence-corrected chi connectivity index (χ4v) is 10.9. The molecule has 5 heterocycles. The number of carbonyl (C=O) groups is 1. The largest absolute Gasteiger partial charge is 0.455 e. The van der Waals surface area contributed by atoms with Crippen LogP contribution in [0.2, 0.25) is 0 Å². The van der Waals surface area contributed by atoms with E-state index in [0.717, 1.165) is 105 Å². The first-order valence-corrected chi connectivity index (χ1v) is 23.3. The third kappa shape index (κ3) is 8.88. The van der Waals surface area contributed by atoms with Crippen molar-refractivity contribution in [1.29, 1.82) is 0 Å². The summed E-state index contributed by atoms with van der Waals surface area (Å²) in [6.07, 6.45) is 9.31. The van der Waals surface area contributed by atoms with Gasteiger partial charge in [-0.3, -0.25) is 19.8 Å². The van der Waals surface area contributed by atoms with Crippen molar-refractivity contribution < 1.29 is 32.0 Å². The zero-order valence-electron chi connectivity index (χ0n) is 34.1.